The number of halogens is 2. The van der Waals surface area contributed by atoms with Crippen molar-refractivity contribution in [3.63, 3.8) is 0 Å². The third kappa shape index (κ3) is 1.45. The molecular weight excluding hydrogens is 392 g/mol. The average Bonchev–Trinajstić information content (AvgIpc) is 3.10. The predicted octanol–water partition coefficient (Wildman–Crippen LogP) is 2.27. The number of hydrogen-bond donors (Lipinski definition) is 0. The highest BCUT2D eigenvalue weighted by atomic mass is 79.9. The molecule has 3 fully saturated rings. The monoisotopic (exact) mass is 402 g/mol. The Balaban J connectivity index is 1.74. The van der Waals surface area contributed by atoms with Gasteiger partial charge >= 0.3 is 0 Å². The summed E-state index contributed by atoms with van der Waals surface area (Å²) in [6.07, 6.45) is 0.935. The van der Waals surface area contributed by atoms with Crippen molar-refractivity contribution in [2.75, 3.05) is 4.90 Å². The summed E-state index contributed by atoms with van der Waals surface area (Å²) in [4.78, 5) is 27.0. The van der Waals surface area contributed by atoms with Gasteiger partial charge in [0.2, 0.25) is 11.8 Å². The van der Waals surface area contributed by atoms with Crippen LogP contribution in [0.5, 0.6) is 0 Å². The molecule has 0 spiro atoms. The molecule has 2 heterocycles. The molecule has 7 heteroatoms. The molecule has 2 saturated carbocycles. The van der Waals surface area contributed by atoms with Crippen LogP contribution in [0.3, 0.4) is 0 Å². The van der Waals surface area contributed by atoms with Gasteiger partial charge in [-0.2, -0.15) is 0 Å². The smallest absolute Gasteiger partial charge is 0.239 e. The molecule has 6 atom stereocenters. The summed E-state index contributed by atoms with van der Waals surface area (Å²) in [5.41, 5.74) is 0. The SMILES string of the molecule is Cc1cc(N2C(=O)[C@@H]3[C@@H]4C[C@@H]([C@H](Br)[C@@H]4Br)[C@@H]3C2=O)no1. The fourth-order valence-corrected chi connectivity index (χ4v) is 5.91. The third-order valence-corrected chi connectivity index (χ3v) is 8.04. The van der Waals surface area contributed by atoms with E-state index in [0.717, 1.165) is 6.42 Å². The van der Waals surface area contributed by atoms with E-state index in [0.29, 0.717) is 11.6 Å². The predicted molar refractivity (Wildman–Crippen MR) is 77.7 cm³/mol. The fourth-order valence-electron chi connectivity index (χ4n) is 4.03. The first kappa shape index (κ1) is 13.0. The van der Waals surface area contributed by atoms with Crippen molar-refractivity contribution in [2.45, 2.75) is 23.0 Å². The topological polar surface area (TPSA) is 63.4 Å². The van der Waals surface area contributed by atoms with Gasteiger partial charge in [0, 0.05) is 15.7 Å². The molecule has 1 saturated heterocycles. The van der Waals surface area contributed by atoms with Gasteiger partial charge in [-0.3, -0.25) is 9.59 Å². The molecule has 20 heavy (non-hydrogen) atoms. The zero-order chi connectivity index (χ0) is 14.2. The van der Waals surface area contributed by atoms with Crippen molar-refractivity contribution in [3.8, 4) is 0 Å². The van der Waals surface area contributed by atoms with Crippen LogP contribution in [0.25, 0.3) is 0 Å². The third-order valence-electron chi connectivity index (χ3n) is 4.83. The van der Waals surface area contributed by atoms with Crippen molar-refractivity contribution in [1.82, 2.24) is 5.16 Å². The summed E-state index contributed by atoms with van der Waals surface area (Å²) in [6, 6.07) is 1.63. The molecule has 2 bridgehead atoms. The van der Waals surface area contributed by atoms with Gasteiger partial charge in [-0.25, -0.2) is 4.90 Å². The Labute approximate surface area is 132 Å². The van der Waals surface area contributed by atoms with Gasteiger partial charge in [0.25, 0.3) is 0 Å². The van der Waals surface area contributed by atoms with E-state index in [9.17, 15) is 9.59 Å². The molecule has 1 aliphatic heterocycles. The number of carbonyl (C=O) groups excluding carboxylic acids is 2. The standard InChI is InChI=1S/C13H12Br2N2O3/c1-4-2-7(16-20-4)17-12(18)8-5-3-6(9(8)13(17)19)11(15)10(5)14/h2,5-6,8-11H,3H2,1H3/t5-,6+,8+,9-,10+,11-. The lowest BCUT2D eigenvalue weighted by Gasteiger charge is -2.28. The summed E-state index contributed by atoms with van der Waals surface area (Å²) in [7, 11) is 0. The highest BCUT2D eigenvalue weighted by Gasteiger charge is 2.66. The Hall–Kier alpha value is -0.690. The average molecular weight is 404 g/mol. The summed E-state index contributed by atoms with van der Waals surface area (Å²) >= 11 is 7.32. The Bertz CT molecular complexity index is 585. The van der Waals surface area contributed by atoms with Crippen molar-refractivity contribution in [2.24, 2.45) is 23.7 Å². The molecule has 0 N–H and O–H groups in total. The number of alkyl halides is 2. The number of carbonyl (C=O) groups is 2. The van der Waals surface area contributed by atoms with Crippen LogP contribution in [0.15, 0.2) is 10.6 Å². The van der Waals surface area contributed by atoms with E-state index in [4.69, 9.17) is 4.52 Å². The minimum absolute atomic E-state index is 0.121. The second-order valence-electron chi connectivity index (χ2n) is 5.81. The highest BCUT2D eigenvalue weighted by molar-refractivity contribution is 9.12. The van der Waals surface area contributed by atoms with Crippen LogP contribution >= 0.6 is 31.9 Å². The second kappa shape index (κ2) is 4.16. The van der Waals surface area contributed by atoms with Crippen molar-refractivity contribution >= 4 is 49.5 Å². The van der Waals surface area contributed by atoms with Gasteiger partial charge in [0.05, 0.1) is 11.8 Å². The van der Waals surface area contributed by atoms with Gasteiger partial charge in [-0.15, -0.1) is 0 Å². The first-order chi connectivity index (χ1) is 9.50. The molecular formula is C13H12Br2N2O3. The summed E-state index contributed by atoms with van der Waals surface area (Å²) < 4.78 is 4.99. The molecule has 106 valence electrons. The zero-order valence-electron chi connectivity index (χ0n) is 10.6. The molecule has 2 aliphatic carbocycles. The number of amides is 2. The number of aryl methyl sites for hydroxylation is 1. The van der Waals surface area contributed by atoms with E-state index in [1.54, 1.807) is 13.0 Å². The summed E-state index contributed by atoms with van der Waals surface area (Å²) in [5, 5.41) is 3.82. The lowest BCUT2D eigenvalue weighted by atomic mass is 9.81. The number of imide groups is 1. The van der Waals surface area contributed by atoms with Gasteiger partial charge in [-0.1, -0.05) is 37.0 Å². The molecule has 2 amide bonds. The van der Waals surface area contributed by atoms with E-state index < -0.39 is 0 Å². The lowest BCUT2D eigenvalue weighted by molar-refractivity contribution is -0.123. The molecule has 3 aliphatic rings. The largest absolute Gasteiger partial charge is 0.360 e. The van der Waals surface area contributed by atoms with E-state index in [-0.39, 0.29) is 45.1 Å². The minimum Gasteiger partial charge on any atom is -0.360 e. The van der Waals surface area contributed by atoms with Crippen LogP contribution in [0.1, 0.15) is 12.2 Å². The van der Waals surface area contributed by atoms with Crippen LogP contribution in [0.4, 0.5) is 5.82 Å². The Kier molecular flexibility index (Phi) is 2.71. The van der Waals surface area contributed by atoms with Gasteiger partial charge in [0.1, 0.15) is 5.76 Å². The molecule has 1 aromatic rings. The van der Waals surface area contributed by atoms with E-state index in [2.05, 4.69) is 37.0 Å². The number of rotatable bonds is 1. The van der Waals surface area contributed by atoms with Crippen molar-refractivity contribution in [1.29, 1.82) is 0 Å². The van der Waals surface area contributed by atoms with Crippen molar-refractivity contribution < 1.29 is 14.1 Å². The van der Waals surface area contributed by atoms with Gasteiger partial charge in [-0.05, 0) is 25.2 Å². The van der Waals surface area contributed by atoms with Crippen molar-refractivity contribution in [3.05, 3.63) is 11.8 Å². The van der Waals surface area contributed by atoms with E-state index in [1.165, 1.54) is 4.90 Å². The van der Waals surface area contributed by atoms with Crippen LogP contribution in [-0.4, -0.2) is 26.6 Å². The maximum atomic E-state index is 12.6. The maximum Gasteiger partial charge on any atom is 0.239 e. The quantitative estimate of drug-likeness (QED) is 0.533. The van der Waals surface area contributed by atoms with Crippen LogP contribution in [0.2, 0.25) is 0 Å². The summed E-state index contributed by atoms with van der Waals surface area (Å²) in [6.45, 7) is 1.75. The molecule has 0 aromatic carbocycles. The first-order valence-corrected chi connectivity index (χ1v) is 8.43. The zero-order valence-corrected chi connectivity index (χ0v) is 13.8. The van der Waals surface area contributed by atoms with Crippen LogP contribution in [-0.2, 0) is 9.59 Å². The molecule has 0 unspecified atom stereocenters. The lowest BCUT2D eigenvalue weighted by Crippen LogP contribution is -2.37. The minimum atomic E-state index is -0.206. The van der Waals surface area contributed by atoms with Crippen LogP contribution < -0.4 is 4.90 Å². The normalized spacial score (nSPS) is 42.6. The Morgan fingerprint density at radius 3 is 2.20 bits per heavy atom. The molecule has 5 nitrogen and oxygen atoms in total. The summed E-state index contributed by atoms with van der Waals surface area (Å²) in [5.74, 6) is 0.716. The van der Waals surface area contributed by atoms with E-state index in [1.807, 2.05) is 0 Å². The number of hydrogen-bond acceptors (Lipinski definition) is 4. The van der Waals surface area contributed by atoms with Crippen LogP contribution in [0, 0.1) is 30.6 Å². The second-order valence-corrected chi connectivity index (χ2v) is 7.93. The number of fused-ring (bicyclic) bond motifs is 5. The molecule has 1 aromatic heterocycles. The number of anilines is 1. The number of nitrogens with zero attached hydrogens (tertiary/aromatic N) is 2. The first-order valence-electron chi connectivity index (χ1n) is 6.60. The molecule has 4 rings (SSSR count). The van der Waals surface area contributed by atoms with E-state index >= 15 is 0 Å². The number of aromatic nitrogens is 1. The Morgan fingerprint density at radius 2 is 1.75 bits per heavy atom. The highest BCUT2D eigenvalue weighted by Crippen LogP contribution is 2.60. The van der Waals surface area contributed by atoms with Gasteiger partial charge in [0.15, 0.2) is 5.82 Å². The fraction of sp³-hybridized carbons (Fsp3) is 0.615. The Morgan fingerprint density at radius 1 is 1.20 bits per heavy atom. The maximum absolute atomic E-state index is 12.6. The van der Waals surface area contributed by atoms with Gasteiger partial charge < -0.3 is 4.52 Å². The molecule has 0 radical (unpaired) electrons.